The average Bonchev–Trinajstić information content (AvgIpc) is 2.54. The number of hydrogen-bond donors (Lipinski definition) is 1. The Bertz CT molecular complexity index is 753. The molecule has 2 aromatic carbocycles. The Morgan fingerprint density at radius 1 is 1.04 bits per heavy atom. The van der Waals surface area contributed by atoms with Crippen molar-refractivity contribution in [1.82, 2.24) is 0 Å². The van der Waals surface area contributed by atoms with E-state index >= 15 is 0 Å². The van der Waals surface area contributed by atoms with Crippen LogP contribution in [0.25, 0.3) is 0 Å². The summed E-state index contributed by atoms with van der Waals surface area (Å²) in [4.78, 5) is 15.5. The molecule has 0 saturated heterocycles. The van der Waals surface area contributed by atoms with Crippen molar-refractivity contribution >= 4 is 12.2 Å². The van der Waals surface area contributed by atoms with Crippen LogP contribution in [0.4, 0.5) is 0 Å². The highest BCUT2D eigenvalue weighted by atomic mass is 16.6. The molecule has 0 fully saturated rings. The fourth-order valence-electron chi connectivity index (χ4n) is 2.27. The fourth-order valence-corrected chi connectivity index (χ4v) is 2.27. The Hall–Kier alpha value is -2.82. The minimum Gasteiger partial charge on any atom is -0.489 e. The number of aliphatic carboxylic acids is 1. The monoisotopic (exact) mass is 327 g/mol. The Morgan fingerprint density at radius 3 is 2.29 bits per heavy atom. The number of nitrogens with zero attached hydrogens (tertiary/aromatic N) is 1. The van der Waals surface area contributed by atoms with Gasteiger partial charge in [-0.25, -0.2) is 4.79 Å². The lowest BCUT2D eigenvalue weighted by molar-refractivity contribution is -0.129. The maximum atomic E-state index is 10.4. The van der Waals surface area contributed by atoms with Crippen molar-refractivity contribution in [3.63, 3.8) is 0 Å². The molecule has 0 aliphatic carbocycles. The van der Waals surface area contributed by atoms with Crippen LogP contribution in [0.2, 0.25) is 0 Å². The van der Waals surface area contributed by atoms with Crippen LogP contribution in [0.3, 0.4) is 0 Å². The minimum absolute atomic E-state index is 0.192. The van der Waals surface area contributed by atoms with E-state index in [1.54, 1.807) is 0 Å². The van der Waals surface area contributed by atoms with Gasteiger partial charge in [0.2, 0.25) is 0 Å². The van der Waals surface area contributed by atoms with Gasteiger partial charge >= 0.3 is 5.97 Å². The van der Waals surface area contributed by atoms with Crippen molar-refractivity contribution in [1.29, 1.82) is 0 Å². The predicted octanol–water partition coefficient (Wildman–Crippen LogP) is 3.78. The van der Waals surface area contributed by atoms with E-state index in [4.69, 9.17) is 14.7 Å². The molecule has 0 saturated carbocycles. The largest absolute Gasteiger partial charge is 0.489 e. The zero-order chi connectivity index (χ0) is 17.5. The van der Waals surface area contributed by atoms with E-state index in [9.17, 15) is 4.79 Å². The lowest BCUT2D eigenvalue weighted by Gasteiger charge is -2.14. The number of hydrogen-bond acceptors (Lipinski definition) is 4. The highest BCUT2D eigenvalue weighted by Crippen LogP contribution is 2.22. The van der Waals surface area contributed by atoms with Crippen LogP contribution in [0.5, 0.6) is 5.75 Å². The molecule has 0 bridgehead atoms. The molecule has 0 aromatic heterocycles. The van der Waals surface area contributed by atoms with Gasteiger partial charge in [-0.1, -0.05) is 35.5 Å². The van der Waals surface area contributed by atoms with Gasteiger partial charge in [0.25, 0.3) is 0 Å². The predicted molar refractivity (Wildman–Crippen MR) is 92.3 cm³/mol. The molecule has 5 nitrogen and oxygen atoms in total. The van der Waals surface area contributed by atoms with Crippen LogP contribution in [0.15, 0.2) is 41.6 Å². The Labute approximate surface area is 141 Å². The molecule has 0 heterocycles. The highest BCUT2D eigenvalue weighted by Gasteiger charge is 2.08. The van der Waals surface area contributed by atoms with Crippen molar-refractivity contribution in [2.45, 2.75) is 34.0 Å². The van der Waals surface area contributed by atoms with Crippen molar-refractivity contribution in [3.05, 3.63) is 64.2 Å². The fraction of sp³-hybridized carbons (Fsp3) is 0.263. The van der Waals surface area contributed by atoms with E-state index < -0.39 is 5.97 Å². The second-order valence-electron chi connectivity index (χ2n) is 5.61. The first-order chi connectivity index (χ1) is 11.5. The van der Waals surface area contributed by atoms with Gasteiger partial charge in [0, 0.05) is 0 Å². The smallest absolute Gasteiger partial charge is 0.350 e. The number of carboxylic acids is 1. The SMILES string of the molecule is Cc1cc(CO/N=C/C(=O)O)c(COc2ccccc2C)cc1C. The molecule has 2 rings (SSSR count). The van der Waals surface area contributed by atoms with Gasteiger partial charge in [0.05, 0.1) is 0 Å². The lowest BCUT2D eigenvalue weighted by atomic mass is 10.0. The van der Waals surface area contributed by atoms with Gasteiger partial charge in [0.1, 0.15) is 19.0 Å². The number of para-hydroxylation sites is 1. The normalized spacial score (nSPS) is 10.8. The molecule has 5 heteroatoms. The first kappa shape index (κ1) is 17.5. The van der Waals surface area contributed by atoms with Crippen LogP contribution >= 0.6 is 0 Å². The summed E-state index contributed by atoms with van der Waals surface area (Å²) in [6.07, 6.45) is 0.727. The summed E-state index contributed by atoms with van der Waals surface area (Å²) >= 11 is 0. The number of carbonyl (C=O) groups is 1. The molecule has 0 spiro atoms. The van der Waals surface area contributed by atoms with Crippen LogP contribution in [0.1, 0.15) is 27.8 Å². The third-order valence-corrected chi connectivity index (χ3v) is 3.75. The molecule has 0 aliphatic heterocycles. The van der Waals surface area contributed by atoms with E-state index in [-0.39, 0.29) is 6.61 Å². The molecule has 2 aromatic rings. The van der Waals surface area contributed by atoms with Gasteiger partial charge in [-0.2, -0.15) is 0 Å². The van der Waals surface area contributed by atoms with Crippen LogP contribution < -0.4 is 4.74 Å². The van der Waals surface area contributed by atoms with E-state index in [2.05, 4.69) is 11.2 Å². The quantitative estimate of drug-likeness (QED) is 0.621. The number of benzene rings is 2. The third-order valence-electron chi connectivity index (χ3n) is 3.75. The Balaban J connectivity index is 2.13. The first-order valence-electron chi connectivity index (χ1n) is 7.63. The zero-order valence-corrected chi connectivity index (χ0v) is 14.1. The van der Waals surface area contributed by atoms with Crippen LogP contribution in [0, 0.1) is 20.8 Å². The summed E-state index contributed by atoms with van der Waals surface area (Å²) in [6.45, 7) is 6.66. The standard InChI is InChI=1S/C19H21NO4/c1-13-6-4-5-7-18(13)23-11-16-8-14(2)15(3)9-17(16)12-24-20-10-19(21)22/h4-10H,11-12H2,1-3H3,(H,21,22)/b20-10+. The molecule has 0 amide bonds. The molecular weight excluding hydrogens is 306 g/mol. The molecule has 0 atom stereocenters. The van der Waals surface area contributed by atoms with Gasteiger partial charge in [-0.3, -0.25) is 0 Å². The van der Waals surface area contributed by atoms with Crippen LogP contribution in [-0.4, -0.2) is 17.3 Å². The van der Waals surface area contributed by atoms with Gasteiger partial charge < -0.3 is 14.7 Å². The molecule has 126 valence electrons. The molecule has 1 N–H and O–H groups in total. The zero-order valence-electron chi connectivity index (χ0n) is 14.1. The third kappa shape index (κ3) is 4.84. The maximum Gasteiger partial charge on any atom is 0.350 e. The summed E-state index contributed by atoms with van der Waals surface area (Å²) in [5.74, 6) is -0.301. The second kappa shape index (κ2) is 8.15. The number of ether oxygens (including phenoxy) is 1. The summed E-state index contributed by atoms with van der Waals surface area (Å²) in [6, 6.07) is 11.9. The van der Waals surface area contributed by atoms with Gasteiger partial charge in [-0.05, 0) is 54.7 Å². The van der Waals surface area contributed by atoms with E-state index in [0.717, 1.165) is 39.8 Å². The summed E-state index contributed by atoms with van der Waals surface area (Å²) in [5, 5.41) is 12.0. The molecule has 0 radical (unpaired) electrons. The lowest BCUT2D eigenvalue weighted by Crippen LogP contribution is -2.04. The number of oxime groups is 1. The number of carboxylic acid groups (broad SMARTS) is 1. The topological polar surface area (TPSA) is 68.1 Å². The van der Waals surface area contributed by atoms with Crippen molar-refractivity contribution in [3.8, 4) is 5.75 Å². The Morgan fingerprint density at radius 2 is 1.67 bits per heavy atom. The number of aryl methyl sites for hydroxylation is 3. The number of rotatable bonds is 7. The minimum atomic E-state index is -1.14. The van der Waals surface area contributed by atoms with Crippen LogP contribution in [-0.2, 0) is 22.8 Å². The second-order valence-corrected chi connectivity index (χ2v) is 5.61. The summed E-state index contributed by atoms with van der Waals surface area (Å²) < 4.78 is 5.91. The maximum absolute atomic E-state index is 10.4. The summed E-state index contributed by atoms with van der Waals surface area (Å²) in [7, 11) is 0. The van der Waals surface area contributed by atoms with Crippen molar-refractivity contribution in [2.75, 3.05) is 0 Å². The van der Waals surface area contributed by atoms with Gasteiger partial charge in [0.15, 0.2) is 6.21 Å². The highest BCUT2D eigenvalue weighted by molar-refractivity contribution is 6.21. The van der Waals surface area contributed by atoms with Crippen molar-refractivity contribution in [2.24, 2.45) is 5.16 Å². The molecular formula is C19H21NO4. The van der Waals surface area contributed by atoms with Gasteiger partial charge in [-0.15, -0.1) is 0 Å². The summed E-state index contributed by atoms with van der Waals surface area (Å²) in [5.41, 5.74) is 5.29. The van der Waals surface area contributed by atoms with E-state index in [1.165, 1.54) is 0 Å². The molecule has 0 aliphatic rings. The van der Waals surface area contributed by atoms with E-state index in [0.29, 0.717) is 6.61 Å². The molecule has 24 heavy (non-hydrogen) atoms. The average molecular weight is 327 g/mol. The first-order valence-corrected chi connectivity index (χ1v) is 7.63. The Kier molecular flexibility index (Phi) is 5.95. The van der Waals surface area contributed by atoms with Crippen molar-refractivity contribution < 1.29 is 19.5 Å². The van der Waals surface area contributed by atoms with E-state index in [1.807, 2.05) is 51.1 Å². The molecule has 0 unspecified atom stereocenters.